The summed E-state index contributed by atoms with van der Waals surface area (Å²) in [5, 5.41) is 5.03. The number of ether oxygens (including phenoxy) is 1. The monoisotopic (exact) mass is 412 g/mol. The van der Waals surface area contributed by atoms with Gasteiger partial charge in [0.2, 0.25) is 11.8 Å². The van der Waals surface area contributed by atoms with Crippen LogP contribution in [0.2, 0.25) is 0 Å². The van der Waals surface area contributed by atoms with Crippen molar-refractivity contribution in [2.45, 2.75) is 38.6 Å². The summed E-state index contributed by atoms with van der Waals surface area (Å²) < 4.78 is 5.63. The number of aryl methyl sites for hydroxylation is 1. The second-order valence-electron chi connectivity index (χ2n) is 8.03. The molecule has 1 aromatic carbocycles. The minimum Gasteiger partial charge on any atom is -0.381 e. The zero-order valence-corrected chi connectivity index (χ0v) is 17.6. The lowest BCUT2D eigenvalue weighted by molar-refractivity contribution is -0.126. The molecular formula is C23H28N2O3S. The molecule has 154 valence electrons. The number of hydrogen-bond donors (Lipinski definition) is 1. The molecule has 0 radical (unpaired) electrons. The number of carbonyl (C=O) groups excluding carboxylic acids is 2. The van der Waals surface area contributed by atoms with Crippen molar-refractivity contribution >= 4 is 28.8 Å². The molecule has 1 N–H and O–H groups in total. The van der Waals surface area contributed by atoms with Crippen LogP contribution >= 0.6 is 11.3 Å². The predicted octanol–water partition coefficient (Wildman–Crippen LogP) is 4.08. The number of nitrogens with one attached hydrogen (secondary N) is 1. The van der Waals surface area contributed by atoms with Crippen LogP contribution in [-0.4, -0.2) is 31.6 Å². The maximum Gasteiger partial charge on any atom is 0.228 e. The number of benzene rings is 1. The molecule has 2 atom stereocenters. The van der Waals surface area contributed by atoms with Crippen molar-refractivity contribution in [3.63, 3.8) is 0 Å². The van der Waals surface area contributed by atoms with Crippen LogP contribution in [0.15, 0.2) is 41.8 Å². The summed E-state index contributed by atoms with van der Waals surface area (Å²) in [6, 6.07) is 11.7. The van der Waals surface area contributed by atoms with Gasteiger partial charge in [0.1, 0.15) is 0 Å². The molecule has 2 aliphatic rings. The second kappa shape index (κ2) is 9.09. The molecule has 2 unspecified atom stereocenters. The van der Waals surface area contributed by atoms with Gasteiger partial charge in [-0.3, -0.25) is 9.59 Å². The lowest BCUT2D eigenvalue weighted by Gasteiger charge is -2.27. The van der Waals surface area contributed by atoms with Crippen LogP contribution in [0, 0.1) is 18.8 Å². The highest BCUT2D eigenvalue weighted by atomic mass is 32.1. The molecule has 2 aromatic rings. The van der Waals surface area contributed by atoms with E-state index in [0.29, 0.717) is 13.2 Å². The zero-order chi connectivity index (χ0) is 20.2. The Balaban J connectivity index is 1.41. The third-order valence-corrected chi connectivity index (χ3v) is 6.56. The van der Waals surface area contributed by atoms with E-state index in [2.05, 4.69) is 5.32 Å². The van der Waals surface area contributed by atoms with Gasteiger partial charge in [-0.25, -0.2) is 0 Å². The molecule has 1 saturated heterocycles. The van der Waals surface area contributed by atoms with E-state index in [1.807, 2.05) is 48.7 Å². The van der Waals surface area contributed by atoms with Gasteiger partial charge < -0.3 is 15.0 Å². The molecule has 4 rings (SSSR count). The highest BCUT2D eigenvalue weighted by Gasteiger charge is 2.45. The number of anilines is 1. The topological polar surface area (TPSA) is 58.6 Å². The zero-order valence-electron chi connectivity index (χ0n) is 16.8. The van der Waals surface area contributed by atoms with Crippen LogP contribution in [0.3, 0.4) is 0 Å². The SMILES string of the molecule is Cc1ccc(N2C(=O)CC(C(=O)NCCCOCC3CC3)C2c2cccs2)cc1. The van der Waals surface area contributed by atoms with Gasteiger partial charge in [0, 0.05) is 36.7 Å². The van der Waals surface area contributed by atoms with Crippen LogP contribution in [0.5, 0.6) is 0 Å². The van der Waals surface area contributed by atoms with E-state index in [4.69, 9.17) is 4.74 Å². The van der Waals surface area contributed by atoms with E-state index in [9.17, 15) is 9.59 Å². The first-order valence-electron chi connectivity index (χ1n) is 10.4. The lowest BCUT2D eigenvalue weighted by Crippen LogP contribution is -2.36. The Morgan fingerprint density at radius 1 is 1.24 bits per heavy atom. The van der Waals surface area contributed by atoms with Crippen molar-refractivity contribution < 1.29 is 14.3 Å². The van der Waals surface area contributed by atoms with Gasteiger partial charge in [-0.2, -0.15) is 0 Å². The molecule has 1 aromatic heterocycles. The van der Waals surface area contributed by atoms with Crippen LogP contribution in [0.25, 0.3) is 0 Å². The average Bonchev–Trinajstić information content (AvgIpc) is 3.25. The van der Waals surface area contributed by atoms with E-state index >= 15 is 0 Å². The van der Waals surface area contributed by atoms with Gasteiger partial charge in [0.25, 0.3) is 0 Å². The van der Waals surface area contributed by atoms with Crippen molar-refractivity contribution in [1.29, 1.82) is 0 Å². The van der Waals surface area contributed by atoms with Crippen molar-refractivity contribution in [2.75, 3.05) is 24.7 Å². The van der Waals surface area contributed by atoms with E-state index < -0.39 is 0 Å². The molecule has 6 heteroatoms. The first kappa shape index (κ1) is 20.1. The molecule has 1 aliphatic heterocycles. The van der Waals surface area contributed by atoms with Crippen molar-refractivity contribution in [1.82, 2.24) is 5.32 Å². The molecule has 0 spiro atoms. The fourth-order valence-electron chi connectivity index (χ4n) is 3.82. The summed E-state index contributed by atoms with van der Waals surface area (Å²) in [5.41, 5.74) is 1.99. The number of nitrogens with zero attached hydrogens (tertiary/aromatic N) is 1. The van der Waals surface area contributed by atoms with Crippen molar-refractivity contribution in [3.8, 4) is 0 Å². The Kier molecular flexibility index (Phi) is 6.31. The Bertz CT molecular complexity index is 830. The van der Waals surface area contributed by atoms with Gasteiger partial charge in [-0.15, -0.1) is 11.3 Å². The first-order chi connectivity index (χ1) is 14.1. The van der Waals surface area contributed by atoms with Gasteiger partial charge >= 0.3 is 0 Å². The van der Waals surface area contributed by atoms with Crippen molar-refractivity contribution in [2.24, 2.45) is 11.8 Å². The van der Waals surface area contributed by atoms with E-state index in [-0.39, 0.29) is 30.2 Å². The van der Waals surface area contributed by atoms with E-state index in [0.717, 1.165) is 35.1 Å². The third-order valence-electron chi connectivity index (χ3n) is 5.62. The minimum atomic E-state index is -0.380. The summed E-state index contributed by atoms with van der Waals surface area (Å²) >= 11 is 1.59. The Labute approximate surface area is 176 Å². The largest absolute Gasteiger partial charge is 0.381 e. The molecule has 2 heterocycles. The Morgan fingerprint density at radius 2 is 2.03 bits per heavy atom. The van der Waals surface area contributed by atoms with E-state index in [1.165, 1.54) is 12.8 Å². The Morgan fingerprint density at radius 3 is 2.72 bits per heavy atom. The third kappa shape index (κ3) is 4.87. The van der Waals surface area contributed by atoms with Gasteiger partial charge in [-0.05, 0) is 55.7 Å². The molecule has 2 fully saturated rings. The Hall–Kier alpha value is -2.18. The second-order valence-corrected chi connectivity index (χ2v) is 9.01. The maximum absolute atomic E-state index is 13.0. The number of hydrogen-bond acceptors (Lipinski definition) is 4. The number of rotatable bonds is 9. The van der Waals surface area contributed by atoms with Crippen LogP contribution < -0.4 is 10.2 Å². The van der Waals surface area contributed by atoms with Crippen LogP contribution in [0.4, 0.5) is 5.69 Å². The fourth-order valence-corrected chi connectivity index (χ4v) is 4.70. The predicted molar refractivity (Wildman–Crippen MR) is 115 cm³/mol. The minimum absolute atomic E-state index is 0.000157. The first-order valence-corrected chi connectivity index (χ1v) is 11.3. The van der Waals surface area contributed by atoms with Gasteiger partial charge in [0.05, 0.1) is 12.0 Å². The van der Waals surface area contributed by atoms with Crippen LogP contribution in [-0.2, 0) is 14.3 Å². The summed E-state index contributed by atoms with van der Waals surface area (Å²) in [4.78, 5) is 28.7. The molecular weight excluding hydrogens is 384 g/mol. The molecule has 1 aliphatic carbocycles. The molecule has 0 bridgehead atoms. The van der Waals surface area contributed by atoms with Crippen molar-refractivity contribution in [3.05, 3.63) is 52.2 Å². The fraction of sp³-hybridized carbons (Fsp3) is 0.478. The standard InChI is InChI=1S/C23H28N2O3S/c1-16-5-9-18(10-6-16)25-21(26)14-19(22(25)20-4-2-13-29-20)23(27)24-11-3-12-28-15-17-7-8-17/h2,4-6,9-10,13,17,19,22H,3,7-8,11-12,14-15H2,1H3,(H,24,27). The molecule has 5 nitrogen and oxygen atoms in total. The summed E-state index contributed by atoms with van der Waals surface area (Å²) in [7, 11) is 0. The quantitative estimate of drug-likeness (QED) is 0.631. The molecule has 29 heavy (non-hydrogen) atoms. The average molecular weight is 413 g/mol. The number of carbonyl (C=O) groups is 2. The van der Waals surface area contributed by atoms with Gasteiger partial charge in [-0.1, -0.05) is 23.8 Å². The summed E-state index contributed by atoms with van der Waals surface area (Å²) in [6.07, 6.45) is 3.60. The van der Waals surface area contributed by atoms with E-state index in [1.54, 1.807) is 16.2 Å². The maximum atomic E-state index is 13.0. The summed E-state index contributed by atoms with van der Waals surface area (Å²) in [5.74, 6) is 0.331. The molecule has 1 saturated carbocycles. The molecule has 2 amide bonds. The smallest absolute Gasteiger partial charge is 0.228 e. The lowest BCUT2D eigenvalue weighted by atomic mass is 9.97. The normalized spacial score (nSPS) is 21.6. The summed E-state index contributed by atoms with van der Waals surface area (Å²) in [6.45, 7) is 4.12. The highest BCUT2D eigenvalue weighted by Crippen LogP contribution is 2.43. The van der Waals surface area contributed by atoms with Crippen LogP contribution in [0.1, 0.15) is 42.2 Å². The van der Waals surface area contributed by atoms with Gasteiger partial charge in [0.15, 0.2) is 0 Å². The highest BCUT2D eigenvalue weighted by molar-refractivity contribution is 7.10. The number of thiophene rings is 1. The number of amides is 2.